The summed E-state index contributed by atoms with van der Waals surface area (Å²) >= 11 is 0. The Morgan fingerprint density at radius 2 is 0.402 bits per heavy atom. The molecular weight excluding hydrogens is 1120 g/mol. The molecule has 0 spiro atoms. The van der Waals surface area contributed by atoms with Gasteiger partial charge in [-0.25, -0.2) is 0 Å². The summed E-state index contributed by atoms with van der Waals surface area (Å²) in [7, 11) is 0. The number of nitrogens with zero attached hydrogens (tertiary/aromatic N) is 6. The summed E-state index contributed by atoms with van der Waals surface area (Å²) in [5.41, 5.74) is 25.9. The maximum Gasteiger partial charge on any atom is 0.0542 e. The van der Waals surface area contributed by atoms with Gasteiger partial charge in [0.1, 0.15) is 0 Å². The first-order chi connectivity index (χ1) is 45.5. The van der Waals surface area contributed by atoms with Crippen molar-refractivity contribution >= 4 is 131 Å². The molecule has 0 aliphatic rings. The van der Waals surface area contributed by atoms with Crippen molar-refractivity contribution in [3.8, 4) is 45.3 Å². The average molecular weight is 1170 g/mol. The van der Waals surface area contributed by atoms with Crippen LogP contribution in [-0.4, -0.2) is 27.4 Å². The van der Waals surface area contributed by atoms with Gasteiger partial charge >= 0.3 is 0 Å². The highest BCUT2D eigenvalue weighted by atomic mass is 15.0. The summed E-state index contributed by atoms with van der Waals surface area (Å²) in [5.74, 6) is 0. The first kappa shape index (κ1) is 50.8. The van der Waals surface area contributed by atoms with Crippen molar-refractivity contribution in [3.05, 3.63) is 314 Å². The zero-order valence-electron chi connectivity index (χ0n) is 50.6. The molecule has 0 aliphatic heterocycles. The number of hydrogen-bond acceptors (Lipinski definition) is 0. The molecular formula is C86H56N6. The van der Waals surface area contributed by atoms with E-state index >= 15 is 0 Å². The Morgan fingerprint density at radius 3 is 0.728 bits per heavy atom. The molecule has 0 radical (unpaired) electrons. The molecule has 6 aromatic heterocycles. The van der Waals surface area contributed by atoms with E-state index in [9.17, 15) is 0 Å². The molecule has 0 bridgehead atoms. The number of benzene rings is 14. The van der Waals surface area contributed by atoms with Crippen molar-refractivity contribution in [2.75, 3.05) is 0 Å². The average Bonchev–Trinajstić information content (AvgIpc) is 1.60. The number of fused-ring (bicyclic) bond motifs is 18. The summed E-state index contributed by atoms with van der Waals surface area (Å²) < 4.78 is 14.7. The van der Waals surface area contributed by atoms with E-state index in [1.54, 1.807) is 0 Å². The minimum Gasteiger partial charge on any atom is -0.309 e. The van der Waals surface area contributed by atoms with Crippen LogP contribution < -0.4 is 0 Å². The molecule has 0 saturated heterocycles. The number of aryl methyl sites for hydroxylation is 2. The molecule has 430 valence electrons. The number of aromatic nitrogens is 6. The second-order valence-corrected chi connectivity index (χ2v) is 25.0. The van der Waals surface area contributed by atoms with E-state index < -0.39 is 0 Å². The number of para-hydroxylation sites is 8. The normalized spacial score (nSPS) is 12.2. The lowest BCUT2D eigenvalue weighted by molar-refractivity contribution is 1.11. The van der Waals surface area contributed by atoms with E-state index in [0.29, 0.717) is 0 Å². The molecule has 14 aromatic carbocycles. The summed E-state index contributed by atoms with van der Waals surface area (Å²) in [4.78, 5) is 0. The van der Waals surface area contributed by atoms with Gasteiger partial charge in [0.05, 0.1) is 71.9 Å². The van der Waals surface area contributed by atoms with E-state index in [2.05, 4.69) is 345 Å². The Kier molecular flexibility index (Phi) is 10.6. The highest BCUT2D eigenvalue weighted by Crippen LogP contribution is 2.44. The second kappa shape index (κ2) is 19.2. The predicted octanol–water partition coefficient (Wildman–Crippen LogP) is 22.6. The van der Waals surface area contributed by atoms with Crippen molar-refractivity contribution < 1.29 is 0 Å². The molecule has 0 saturated carbocycles. The van der Waals surface area contributed by atoms with Gasteiger partial charge in [-0.15, -0.1) is 0 Å². The van der Waals surface area contributed by atoms with Crippen LogP contribution in [0.2, 0.25) is 0 Å². The maximum atomic E-state index is 2.49. The monoisotopic (exact) mass is 1170 g/mol. The van der Waals surface area contributed by atoms with Crippen molar-refractivity contribution in [2.24, 2.45) is 0 Å². The van der Waals surface area contributed by atoms with Crippen LogP contribution in [0.15, 0.2) is 303 Å². The van der Waals surface area contributed by atoms with Gasteiger partial charge in [-0.05, 0) is 182 Å². The maximum absolute atomic E-state index is 2.49. The fraction of sp³-hybridized carbons (Fsp3) is 0.0233. The van der Waals surface area contributed by atoms with Crippen molar-refractivity contribution in [2.45, 2.75) is 13.8 Å². The van der Waals surface area contributed by atoms with E-state index in [4.69, 9.17) is 0 Å². The summed E-state index contributed by atoms with van der Waals surface area (Å²) in [6.07, 6.45) is 0. The van der Waals surface area contributed by atoms with Crippen LogP contribution in [-0.2, 0) is 0 Å². The first-order valence-corrected chi connectivity index (χ1v) is 31.8. The van der Waals surface area contributed by atoms with Crippen LogP contribution in [0.3, 0.4) is 0 Å². The highest BCUT2D eigenvalue weighted by molar-refractivity contribution is 6.17. The first-order valence-electron chi connectivity index (χ1n) is 31.8. The van der Waals surface area contributed by atoms with Gasteiger partial charge in [0, 0.05) is 93.1 Å². The minimum absolute atomic E-state index is 1.12. The molecule has 0 unspecified atom stereocenters. The molecule has 6 heteroatoms. The summed E-state index contributed by atoms with van der Waals surface area (Å²) in [5, 5.41) is 14.7. The lowest BCUT2D eigenvalue weighted by atomic mass is 10.0. The molecule has 6 heterocycles. The molecule has 6 nitrogen and oxygen atoms in total. The predicted molar refractivity (Wildman–Crippen MR) is 387 cm³/mol. The topological polar surface area (TPSA) is 29.6 Å². The Balaban J connectivity index is 0.736. The molecule has 0 fully saturated rings. The molecule has 0 aliphatic carbocycles. The van der Waals surface area contributed by atoms with Crippen LogP contribution in [0.1, 0.15) is 11.1 Å². The minimum atomic E-state index is 1.12. The Bertz CT molecular complexity index is 6400. The summed E-state index contributed by atoms with van der Waals surface area (Å²) in [6, 6.07) is 113. The van der Waals surface area contributed by atoms with Gasteiger partial charge in [0.15, 0.2) is 0 Å². The van der Waals surface area contributed by atoms with Crippen LogP contribution in [0.4, 0.5) is 0 Å². The van der Waals surface area contributed by atoms with Gasteiger partial charge in [-0.3, -0.25) is 0 Å². The third-order valence-corrected chi connectivity index (χ3v) is 20.0. The van der Waals surface area contributed by atoms with Crippen molar-refractivity contribution in [1.82, 2.24) is 27.4 Å². The van der Waals surface area contributed by atoms with Gasteiger partial charge in [0.25, 0.3) is 0 Å². The van der Waals surface area contributed by atoms with Crippen molar-refractivity contribution in [3.63, 3.8) is 0 Å². The lowest BCUT2D eigenvalue weighted by Crippen LogP contribution is -2.00. The highest BCUT2D eigenvalue weighted by Gasteiger charge is 2.23. The standard InChI is InChI=1S/C86H56N6/c1-53-19-18-20-54(2)86(53)92-84-45-39-59(89-76-31-14-8-25-64(76)65-26-9-15-32-77(65)89)51-72(84)73-52-61(40-46-85(73)92)91-79-34-17-11-28-67(79)69-48-56(36-42-81(69)91)55-35-41-80-68(47-55)66-27-10-16-33-78(66)90(80)60-38-44-83-71(50-60)70-49-58(37-43-82(70)87(83)57-21-4-3-5-22-57)88-74-29-12-6-23-62(74)63-24-7-13-30-75(63)88/h3-52H,1-2H3. The van der Waals surface area contributed by atoms with E-state index in [-0.39, 0.29) is 0 Å². The molecule has 92 heavy (non-hydrogen) atoms. The van der Waals surface area contributed by atoms with Crippen LogP contribution in [0.5, 0.6) is 0 Å². The molecule has 0 atom stereocenters. The fourth-order valence-corrected chi connectivity index (χ4v) is 16.1. The van der Waals surface area contributed by atoms with Gasteiger partial charge in [-0.1, -0.05) is 158 Å². The molecule has 0 amide bonds. The van der Waals surface area contributed by atoms with Gasteiger partial charge in [0.2, 0.25) is 0 Å². The third kappa shape index (κ3) is 7.14. The molecule has 20 aromatic rings. The van der Waals surface area contributed by atoms with Gasteiger partial charge in [-0.2, -0.15) is 0 Å². The quantitative estimate of drug-likeness (QED) is 0.152. The second-order valence-electron chi connectivity index (χ2n) is 25.0. The van der Waals surface area contributed by atoms with Crippen LogP contribution >= 0.6 is 0 Å². The third-order valence-electron chi connectivity index (χ3n) is 20.0. The number of rotatable bonds is 7. The fourth-order valence-electron chi connectivity index (χ4n) is 16.1. The Labute approximate surface area is 528 Å². The Hall–Kier alpha value is -12.1. The zero-order chi connectivity index (χ0) is 60.4. The smallest absolute Gasteiger partial charge is 0.0542 e. The zero-order valence-corrected chi connectivity index (χ0v) is 50.6. The Morgan fingerprint density at radius 1 is 0.163 bits per heavy atom. The van der Waals surface area contributed by atoms with E-state index in [1.165, 1.54) is 159 Å². The van der Waals surface area contributed by atoms with E-state index in [1.807, 2.05) is 0 Å². The van der Waals surface area contributed by atoms with E-state index in [0.717, 1.165) is 28.4 Å². The van der Waals surface area contributed by atoms with Gasteiger partial charge < -0.3 is 27.4 Å². The number of hydrogen-bond donors (Lipinski definition) is 0. The summed E-state index contributed by atoms with van der Waals surface area (Å²) in [6.45, 7) is 4.47. The lowest BCUT2D eigenvalue weighted by Gasteiger charge is -2.15. The van der Waals surface area contributed by atoms with Crippen molar-refractivity contribution in [1.29, 1.82) is 0 Å². The largest absolute Gasteiger partial charge is 0.309 e. The molecule has 0 N–H and O–H groups in total. The SMILES string of the molecule is Cc1cccc(C)c1-n1c2ccc(-n3c4ccccc4c4ccccc43)cc2c2cc(-n3c4ccccc4c4cc(-c5ccc6c(c5)c5ccccc5n6-c5ccc6c(c5)c5cc(-n7c8ccccc8c8ccccc87)ccc5n6-c5ccccc5)ccc43)ccc21. The molecule has 20 rings (SSSR count). The van der Waals surface area contributed by atoms with Crippen LogP contribution in [0, 0.1) is 13.8 Å². The van der Waals surface area contributed by atoms with Crippen LogP contribution in [0.25, 0.3) is 176 Å².